The molecule has 0 aromatic heterocycles. The van der Waals surface area contributed by atoms with Crippen LogP contribution in [0.25, 0.3) is 0 Å². The molecular weight excluding hydrogens is 352 g/mol. The Morgan fingerprint density at radius 2 is 1.77 bits per heavy atom. The van der Waals surface area contributed by atoms with Gasteiger partial charge >= 0.3 is 6.03 Å². The second-order valence-corrected chi connectivity index (χ2v) is 7.90. The zero-order chi connectivity index (χ0) is 18.6. The number of rotatable bonds is 4. The number of urea groups is 1. The highest BCUT2D eigenvalue weighted by molar-refractivity contribution is 6.33. The molecule has 7 heteroatoms. The number of carbonyl (C=O) groups is 1. The van der Waals surface area contributed by atoms with Crippen molar-refractivity contribution in [2.24, 2.45) is 0 Å². The molecule has 26 heavy (non-hydrogen) atoms. The van der Waals surface area contributed by atoms with Crippen LogP contribution in [0.15, 0.2) is 24.3 Å². The molecule has 0 unspecified atom stereocenters. The predicted octanol–water partition coefficient (Wildman–Crippen LogP) is 2.28. The first-order chi connectivity index (χ1) is 12.5. The highest BCUT2D eigenvalue weighted by Crippen LogP contribution is 2.26. The maximum absolute atomic E-state index is 12.6. The van der Waals surface area contributed by atoms with Crippen molar-refractivity contribution < 1.29 is 9.53 Å². The van der Waals surface area contributed by atoms with Crippen LogP contribution in [0.4, 0.5) is 10.5 Å². The van der Waals surface area contributed by atoms with E-state index in [2.05, 4.69) is 29.0 Å². The molecule has 0 bridgehead atoms. The van der Waals surface area contributed by atoms with Gasteiger partial charge < -0.3 is 19.9 Å². The smallest absolute Gasteiger partial charge is 0.317 e. The van der Waals surface area contributed by atoms with Crippen molar-refractivity contribution in [3.8, 4) is 0 Å². The van der Waals surface area contributed by atoms with Crippen molar-refractivity contribution in [3.63, 3.8) is 0 Å². The summed E-state index contributed by atoms with van der Waals surface area (Å²) >= 11 is 6.28. The molecule has 1 aromatic carbocycles. The number of nitrogens with zero attached hydrogens (tertiary/aromatic N) is 3. The molecule has 0 radical (unpaired) electrons. The van der Waals surface area contributed by atoms with Gasteiger partial charge in [-0.1, -0.05) is 23.7 Å². The number of benzene rings is 1. The van der Waals surface area contributed by atoms with Gasteiger partial charge in [-0.2, -0.15) is 0 Å². The molecule has 144 valence electrons. The topological polar surface area (TPSA) is 48.1 Å². The standard InChI is InChI=1S/C19H29ClN4O2/c1-19(2,24-11-13-26-14-12-24)15-21-18(25)23-9-7-22(8-10-23)17-6-4-3-5-16(17)20/h3-6H,7-15H2,1-2H3,(H,21,25). The van der Waals surface area contributed by atoms with Crippen molar-refractivity contribution in [1.29, 1.82) is 0 Å². The van der Waals surface area contributed by atoms with Crippen molar-refractivity contribution in [2.75, 3.05) is 63.9 Å². The number of anilines is 1. The summed E-state index contributed by atoms with van der Waals surface area (Å²) in [7, 11) is 0. The molecule has 0 aliphatic carbocycles. The Morgan fingerprint density at radius 3 is 2.42 bits per heavy atom. The van der Waals surface area contributed by atoms with E-state index >= 15 is 0 Å². The van der Waals surface area contributed by atoms with Gasteiger partial charge in [0.25, 0.3) is 0 Å². The van der Waals surface area contributed by atoms with E-state index in [0.29, 0.717) is 19.6 Å². The highest BCUT2D eigenvalue weighted by Gasteiger charge is 2.30. The average Bonchev–Trinajstić information content (AvgIpc) is 2.67. The lowest BCUT2D eigenvalue weighted by Crippen LogP contribution is -2.58. The lowest BCUT2D eigenvalue weighted by atomic mass is 10.0. The molecule has 6 nitrogen and oxygen atoms in total. The predicted molar refractivity (Wildman–Crippen MR) is 105 cm³/mol. The van der Waals surface area contributed by atoms with Crippen LogP contribution in [-0.4, -0.2) is 80.4 Å². The zero-order valence-corrected chi connectivity index (χ0v) is 16.5. The van der Waals surface area contributed by atoms with E-state index in [1.807, 2.05) is 29.2 Å². The second kappa shape index (κ2) is 8.46. The molecule has 0 atom stereocenters. The fraction of sp³-hybridized carbons (Fsp3) is 0.632. The van der Waals surface area contributed by atoms with Crippen LogP contribution >= 0.6 is 11.6 Å². The Balaban J connectivity index is 1.47. The molecule has 2 aliphatic rings. The van der Waals surface area contributed by atoms with Gasteiger partial charge in [0.2, 0.25) is 0 Å². The van der Waals surface area contributed by atoms with Gasteiger partial charge in [0.15, 0.2) is 0 Å². The zero-order valence-electron chi connectivity index (χ0n) is 15.7. The van der Waals surface area contributed by atoms with Crippen molar-refractivity contribution in [1.82, 2.24) is 15.1 Å². The molecule has 2 aliphatic heterocycles. The third-order valence-electron chi connectivity index (χ3n) is 5.30. The summed E-state index contributed by atoms with van der Waals surface area (Å²) in [6.07, 6.45) is 0. The number of piperazine rings is 1. The minimum absolute atomic E-state index is 0.0187. The second-order valence-electron chi connectivity index (χ2n) is 7.50. The Morgan fingerprint density at radius 1 is 1.12 bits per heavy atom. The van der Waals surface area contributed by atoms with E-state index in [-0.39, 0.29) is 11.6 Å². The quantitative estimate of drug-likeness (QED) is 0.870. The van der Waals surface area contributed by atoms with E-state index in [1.54, 1.807) is 0 Å². The van der Waals surface area contributed by atoms with Gasteiger partial charge in [0.1, 0.15) is 0 Å². The number of amides is 2. The van der Waals surface area contributed by atoms with E-state index in [9.17, 15) is 4.79 Å². The first-order valence-electron chi connectivity index (χ1n) is 9.32. The van der Waals surface area contributed by atoms with E-state index in [1.165, 1.54) is 0 Å². The minimum atomic E-state index is -0.0706. The third kappa shape index (κ3) is 4.61. The monoisotopic (exact) mass is 380 g/mol. The van der Waals surface area contributed by atoms with Crippen molar-refractivity contribution in [3.05, 3.63) is 29.3 Å². The maximum Gasteiger partial charge on any atom is 0.317 e. The van der Waals surface area contributed by atoms with Crippen LogP contribution in [0.3, 0.4) is 0 Å². The van der Waals surface area contributed by atoms with Crippen molar-refractivity contribution in [2.45, 2.75) is 19.4 Å². The van der Waals surface area contributed by atoms with Gasteiger partial charge in [0.05, 0.1) is 23.9 Å². The summed E-state index contributed by atoms with van der Waals surface area (Å²) in [5.74, 6) is 0. The number of carbonyl (C=O) groups excluding carboxylic acids is 1. The van der Waals surface area contributed by atoms with Crippen LogP contribution in [0.5, 0.6) is 0 Å². The third-order valence-corrected chi connectivity index (χ3v) is 5.62. The van der Waals surface area contributed by atoms with Gasteiger partial charge in [0, 0.05) is 51.4 Å². The SMILES string of the molecule is CC(C)(CNC(=O)N1CCN(c2ccccc2Cl)CC1)N1CCOCC1. The number of hydrogen-bond acceptors (Lipinski definition) is 4. The van der Waals surface area contributed by atoms with Crippen LogP contribution in [0.2, 0.25) is 5.02 Å². The number of ether oxygens (including phenoxy) is 1. The first-order valence-corrected chi connectivity index (χ1v) is 9.70. The average molecular weight is 381 g/mol. The molecule has 0 saturated carbocycles. The summed E-state index contributed by atoms with van der Waals surface area (Å²) in [6.45, 7) is 11.3. The Kier molecular flexibility index (Phi) is 6.27. The fourth-order valence-corrected chi connectivity index (χ4v) is 3.80. The Hall–Kier alpha value is -1.50. The summed E-state index contributed by atoms with van der Waals surface area (Å²) in [4.78, 5) is 19.1. The van der Waals surface area contributed by atoms with Crippen LogP contribution in [0.1, 0.15) is 13.8 Å². The summed E-state index contributed by atoms with van der Waals surface area (Å²) < 4.78 is 5.42. The molecule has 1 N–H and O–H groups in total. The first kappa shape index (κ1) is 19.3. The molecule has 2 heterocycles. The number of nitrogens with one attached hydrogen (secondary N) is 1. The van der Waals surface area contributed by atoms with Gasteiger partial charge in [-0.15, -0.1) is 0 Å². The largest absolute Gasteiger partial charge is 0.379 e. The van der Waals surface area contributed by atoms with Crippen molar-refractivity contribution >= 4 is 23.3 Å². The van der Waals surface area contributed by atoms with Crippen LogP contribution in [0, 0.1) is 0 Å². The molecular formula is C19H29ClN4O2. The molecule has 1 aromatic rings. The van der Waals surface area contributed by atoms with Gasteiger partial charge in [-0.25, -0.2) is 4.79 Å². The fourth-order valence-electron chi connectivity index (χ4n) is 3.54. The van der Waals surface area contributed by atoms with Crippen LogP contribution < -0.4 is 10.2 Å². The highest BCUT2D eigenvalue weighted by atomic mass is 35.5. The summed E-state index contributed by atoms with van der Waals surface area (Å²) in [5, 5.41) is 3.88. The minimum Gasteiger partial charge on any atom is -0.379 e. The van der Waals surface area contributed by atoms with E-state index < -0.39 is 0 Å². The number of morpholine rings is 1. The lowest BCUT2D eigenvalue weighted by molar-refractivity contribution is -0.00905. The summed E-state index contributed by atoms with van der Waals surface area (Å²) in [6, 6.07) is 7.89. The molecule has 2 saturated heterocycles. The normalized spacial score (nSPS) is 19.5. The van der Waals surface area contributed by atoms with E-state index in [4.69, 9.17) is 16.3 Å². The van der Waals surface area contributed by atoms with Gasteiger partial charge in [-0.05, 0) is 26.0 Å². The molecule has 2 amide bonds. The lowest BCUT2D eigenvalue weighted by Gasteiger charge is -2.41. The van der Waals surface area contributed by atoms with E-state index in [0.717, 1.165) is 50.1 Å². The van der Waals surface area contributed by atoms with Gasteiger partial charge in [-0.3, -0.25) is 4.90 Å². The Labute approximate surface area is 161 Å². The molecule has 2 fully saturated rings. The number of hydrogen-bond donors (Lipinski definition) is 1. The number of halogens is 1. The summed E-state index contributed by atoms with van der Waals surface area (Å²) in [5.41, 5.74) is 0.974. The Bertz CT molecular complexity index is 611. The number of para-hydroxylation sites is 1. The molecule has 0 spiro atoms. The molecule has 3 rings (SSSR count). The maximum atomic E-state index is 12.6. The van der Waals surface area contributed by atoms with Crippen LogP contribution in [-0.2, 0) is 4.74 Å².